The summed E-state index contributed by atoms with van der Waals surface area (Å²) in [6, 6.07) is 7.02. The molecule has 2 nitrogen and oxygen atoms in total. The summed E-state index contributed by atoms with van der Waals surface area (Å²) < 4.78 is 6.05. The van der Waals surface area contributed by atoms with Gasteiger partial charge in [-0.3, -0.25) is 0 Å². The van der Waals surface area contributed by atoms with Gasteiger partial charge in [-0.15, -0.1) is 0 Å². The molecule has 1 atom stereocenters. The average molecular weight is 291 g/mol. The van der Waals surface area contributed by atoms with Crippen LogP contribution in [0.2, 0.25) is 0 Å². The third kappa shape index (κ3) is 6.09. The Labute approximate surface area is 131 Å². The summed E-state index contributed by atoms with van der Waals surface area (Å²) in [7, 11) is 0. The van der Waals surface area contributed by atoms with Crippen LogP contribution in [0.5, 0.6) is 5.75 Å². The molecule has 0 amide bonds. The highest BCUT2D eigenvalue weighted by atomic mass is 16.5. The highest BCUT2D eigenvalue weighted by molar-refractivity contribution is 5.38. The van der Waals surface area contributed by atoms with Crippen LogP contribution in [0.3, 0.4) is 0 Å². The quantitative estimate of drug-likeness (QED) is 0.740. The second-order valence-corrected chi connectivity index (χ2v) is 6.98. The fourth-order valence-corrected chi connectivity index (χ4v) is 2.41. The third-order valence-electron chi connectivity index (χ3n) is 3.80. The van der Waals surface area contributed by atoms with Crippen LogP contribution >= 0.6 is 0 Å². The molecule has 2 heteroatoms. The molecular weight excluding hydrogens is 258 g/mol. The smallest absolute Gasteiger partial charge is 0.122 e. The lowest BCUT2D eigenvalue weighted by atomic mass is 9.86. The SMILES string of the molecule is CCCNC(CCC)COc1ccc(C(C)(C)C)cc1C. The van der Waals surface area contributed by atoms with Crippen LogP contribution in [0, 0.1) is 6.92 Å². The molecule has 0 aliphatic carbocycles. The molecule has 120 valence electrons. The van der Waals surface area contributed by atoms with Crippen molar-refractivity contribution in [3.8, 4) is 5.75 Å². The molecule has 1 aromatic rings. The predicted octanol–water partition coefficient (Wildman–Crippen LogP) is 4.84. The van der Waals surface area contributed by atoms with E-state index >= 15 is 0 Å². The maximum atomic E-state index is 6.05. The van der Waals surface area contributed by atoms with Crippen molar-refractivity contribution in [3.63, 3.8) is 0 Å². The van der Waals surface area contributed by atoms with Crippen LogP contribution in [0.1, 0.15) is 65.0 Å². The van der Waals surface area contributed by atoms with Crippen LogP contribution in [0.25, 0.3) is 0 Å². The van der Waals surface area contributed by atoms with Crippen molar-refractivity contribution in [3.05, 3.63) is 29.3 Å². The predicted molar refractivity (Wildman–Crippen MR) is 92.4 cm³/mol. The van der Waals surface area contributed by atoms with E-state index in [-0.39, 0.29) is 5.41 Å². The molecule has 0 saturated heterocycles. The number of hydrogen-bond donors (Lipinski definition) is 1. The minimum Gasteiger partial charge on any atom is -0.492 e. The minimum absolute atomic E-state index is 0.191. The third-order valence-corrected chi connectivity index (χ3v) is 3.80. The Morgan fingerprint density at radius 2 is 1.86 bits per heavy atom. The summed E-state index contributed by atoms with van der Waals surface area (Å²) in [5.41, 5.74) is 2.78. The van der Waals surface area contributed by atoms with Crippen LogP contribution < -0.4 is 10.1 Å². The lowest BCUT2D eigenvalue weighted by Gasteiger charge is -2.22. The van der Waals surface area contributed by atoms with E-state index in [0.717, 1.165) is 18.9 Å². The van der Waals surface area contributed by atoms with Crippen LogP contribution in [0.4, 0.5) is 0 Å². The lowest BCUT2D eigenvalue weighted by molar-refractivity contribution is 0.254. The molecule has 0 bridgehead atoms. The fraction of sp³-hybridized carbons (Fsp3) is 0.684. The molecule has 0 radical (unpaired) electrons. The maximum Gasteiger partial charge on any atom is 0.122 e. The van der Waals surface area contributed by atoms with Crippen molar-refractivity contribution in [2.45, 2.75) is 72.3 Å². The Kier molecular flexibility index (Phi) is 7.24. The van der Waals surface area contributed by atoms with Gasteiger partial charge in [-0.2, -0.15) is 0 Å². The number of aryl methyl sites for hydroxylation is 1. The van der Waals surface area contributed by atoms with E-state index in [1.807, 2.05) is 0 Å². The van der Waals surface area contributed by atoms with E-state index in [2.05, 4.69) is 65.1 Å². The largest absolute Gasteiger partial charge is 0.492 e. The Bertz CT molecular complexity index is 420. The first-order valence-corrected chi connectivity index (χ1v) is 8.35. The fourth-order valence-electron chi connectivity index (χ4n) is 2.41. The number of hydrogen-bond acceptors (Lipinski definition) is 2. The van der Waals surface area contributed by atoms with Gasteiger partial charge in [-0.25, -0.2) is 0 Å². The molecule has 0 aliphatic heterocycles. The molecule has 0 heterocycles. The number of rotatable bonds is 8. The monoisotopic (exact) mass is 291 g/mol. The minimum atomic E-state index is 0.191. The second-order valence-electron chi connectivity index (χ2n) is 6.98. The zero-order valence-electron chi connectivity index (χ0n) is 14.8. The molecule has 1 N–H and O–H groups in total. The number of nitrogens with one attached hydrogen (secondary N) is 1. The molecule has 1 rings (SSSR count). The first kappa shape index (κ1) is 18.0. The van der Waals surface area contributed by atoms with E-state index in [4.69, 9.17) is 4.74 Å². The molecule has 0 aromatic heterocycles. The van der Waals surface area contributed by atoms with Gasteiger partial charge in [0.25, 0.3) is 0 Å². The van der Waals surface area contributed by atoms with Crippen molar-refractivity contribution in [1.82, 2.24) is 5.32 Å². The highest BCUT2D eigenvalue weighted by Crippen LogP contribution is 2.27. The van der Waals surface area contributed by atoms with E-state index in [0.29, 0.717) is 6.04 Å². The zero-order chi connectivity index (χ0) is 15.9. The molecule has 0 aliphatic rings. The highest BCUT2D eigenvalue weighted by Gasteiger charge is 2.15. The van der Waals surface area contributed by atoms with E-state index < -0.39 is 0 Å². The lowest BCUT2D eigenvalue weighted by Crippen LogP contribution is -2.35. The Hall–Kier alpha value is -1.02. The van der Waals surface area contributed by atoms with Crippen LogP contribution in [0.15, 0.2) is 18.2 Å². The van der Waals surface area contributed by atoms with Crippen LogP contribution in [-0.2, 0) is 5.41 Å². The molecule has 1 aromatic carbocycles. The van der Waals surface area contributed by atoms with Gasteiger partial charge in [0.1, 0.15) is 12.4 Å². The number of ether oxygens (including phenoxy) is 1. The molecule has 1 unspecified atom stereocenters. The van der Waals surface area contributed by atoms with Gasteiger partial charge in [0.05, 0.1) is 0 Å². The van der Waals surface area contributed by atoms with Gasteiger partial charge in [-0.1, -0.05) is 53.2 Å². The van der Waals surface area contributed by atoms with Crippen LogP contribution in [-0.4, -0.2) is 19.2 Å². The average Bonchev–Trinajstić information content (AvgIpc) is 2.42. The zero-order valence-corrected chi connectivity index (χ0v) is 14.8. The topological polar surface area (TPSA) is 21.3 Å². The number of benzene rings is 1. The molecule has 21 heavy (non-hydrogen) atoms. The molecular formula is C19H33NO. The van der Waals surface area contributed by atoms with Gasteiger partial charge in [0.2, 0.25) is 0 Å². The summed E-state index contributed by atoms with van der Waals surface area (Å²) in [4.78, 5) is 0. The van der Waals surface area contributed by atoms with Gasteiger partial charge in [0.15, 0.2) is 0 Å². The summed E-state index contributed by atoms with van der Waals surface area (Å²) in [6.07, 6.45) is 3.52. The summed E-state index contributed by atoms with van der Waals surface area (Å²) in [5.74, 6) is 1.02. The van der Waals surface area contributed by atoms with E-state index in [1.54, 1.807) is 0 Å². The molecule has 0 saturated carbocycles. The Morgan fingerprint density at radius 3 is 2.38 bits per heavy atom. The molecule has 0 fully saturated rings. The second kappa shape index (κ2) is 8.43. The van der Waals surface area contributed by atoms with Gasteiger partial charge >= 0.3 is 0 Å². The van der Waals surface area contributed by atoms with Gasteiger partial charge in [0, 0.05) is 6.04 Å². The van der Waals surface area contributed by atoms with E-state index in [1.165, 1.54) is 30.4 Å². The van der Waals surface area contributed by atoms with Gasteiger partial charge in [-0.05, 0) is 48.9 Å². The first-order valence-electron chi connectivity index (χ1n) is 8.35. The normalized spacial score (nSPS) is 13.2. The van der Waals surface area contributed by atoms with Crippen molar-refractivity contribution in [2.24, 2.45) is 0 Å². The maximum absolute atomic E-state index is 6.05. The van der Waals surface area contributed by atoms with Crippen molar-refractivity contribution < 1.29 is 4.74 Å². The summed E-state index contributed by atoms with van der Waals surface area (Å²) >= 11 is 0. The Balaban J connectivity index is 2.65. The molecule has 0 spiro atoms. The summed E-state index contributed by atoms with van der Waals surface area (Å²) in [5, 5.41) is 3.57. The van der Waals surface area contributed by atoms with Crippen molar-refractivity contribution in [1.29, 1.82) is 0 Å². The van der Waals surface area contributed by atoms with E-state index in [9.17, 15) is 0 Å². The first-order chi connectivity index (χ1) is 9.88. The van der Waals surface area contributed by atoms with Crippen molar-refractivity contribution >= 4 is 0 Å². The van der Waals surface area contributed by atoms with Gasteiger partial charge < -0.3 is 10.1 Å². The Morgan fingerprint density at radius 1 is 1.14 bits per heavy atom. The summed E-state index contributed by atoms with van der Waals surface area (Å²) in [6.45, 7) is 15.1. The standard InChI is InChI=1S/C19H33NO/c1-7-9-17(20-12-8-2)14-21-18-11-10-16(13-15(18)3)19(4,5)6/h10-11,13,17,20H,7-9,12,14H2,1-6H3. The van der Waals surface area contributed by atoms with Crippen molar-refractivity contribution in [2.75, 3.05) is 13.2 Å².